The van der Waals surface area contributed by atoms with Crippen LogP contribution in [0.25, 0.3) is 22.6 Å². The molecule has 0 saturated heterocycles. The number of hydrogen-bond donors (Lipinski definition) is 0. The summed E-state index contributed by atoms with van der Waals surface area (Å²) in [6.07, 6.45) is 0. The Kier molecular flexibility index (Phi) is 3.25. The molecule has 0 spiro atoms. The third-order valence-electron chi connectivity index (χ3n) is 3.29. The fraction of sp³-hybridized carbons (Fsp3) is 0.133. The maximum absolute atomic E-state index is 10.9. The van der Waals surface area contributed by atoms with Crippen LogP contribution in [0, 0.1) is 24.0 Å². The van der Waals surface area contributed by atoms with Crippen LogP contribution in [0.2, 0.25) is 0 Å². The Morgan fingerprint density at radius 2 is 1.95 bits per heavy atom. The molecule has 0 saturated carbocycles. The number of halogens is 1. The van der Waals surface area contributed by atoms with E-state index in [0.717, 1.165) is 15.6 Å². The van der Waals surface area contributed by atoms with Gasteiger partial charge in [0.2, 0.25) is 5.89 Å². The van der Waals surface area contributed by atoms with Gasteiger partial charge in [-0.1, -0.05) is 22.0 Å². The van der Waals surface area contributed by atoms with Crippen LogP contribution in [0.5, 0.6) is 0 Å². The van der Waals surface area contributed by atoms with Crippen molar-refractivity contribution in [2.45, 2.75) is 13.8 Å². The molecule has 21 heavy (non-hydrogen) atoms. The highest BCUT2D eigenvalue weighted by atomic mass is 79.9. The predicted octanol–water partition coefficient (Wildman–Crippen LogP) is 4.78. The molecule has 0 aliphatic heterocycles. The molecule has 3 rings (SSSR count). The molecule has 0 N–H and O–H groups in total. The first-order valence-corrected chi connectivity index (χ1v) is 7.07. The lowest BCUT2D eigenvalue weighted by Gasteiger charge is -1.99. The summed E-state index contributed by atoms with van der Waals surface area (Å²) in [5, 5.41) is 10.9. The zero-order valence-electron chi connectivity index (χ0n) is 11.4. The maximum atomic E-state index is 10.9. The molecule has 0 unspecified atom stereocenters. The highest BCUT2D eigenvalue weighted by molar-refractivity contribution is 9.10. The van der Waals surface area contributed by atoms with Gasteiger partial charge in [-0.25, -0.2) is 4.98 Å². The second kappa shape index (κ2) is 4.96. The first kappa shape index (κ1) is 13.8. The number of aryl methyl sites for hydroxylation is 2. The Morgan fingerprint density at radius 1 is 1.19 bits per heavy atom. The van der Waals surface area contributed by atoms with Crippen LogP contribution < -0.4 is 0 Å². The Morgan fingerprint density at radius 3 is 2.62 bits per heavy atom. The number of fused-ring (bicyclic) bond motifs is 1. The summed E-state index contributed by atoms with van der Waals surface area (Å²) in [7, 11) is 0. The standard InChI is InChI=1S/C15H11BrN2O3/c1-8-3-4-10(6-12(8)16)15-17-13-7-11(18(19)20)5-9(2)14(13)21-15/h3-7H,1-2H3. The summed E-state index contributed by atoms with van der Waals surface area (Å²) < 4.78 is 6.72. The van der Waals surface area contributed by atoms with Crippen LogP contribution in [0.1, 0.15) is 11.1 Å². The molecule has 6 heteroatoms. The number of nitro benzene ring substituents is 1. The monoisotopic (exact) mass is 346 g/mol. The number of nitro groups is 1. The van der Waals surface area contributed by atoms with Gasteiger partial charge in [0.15, 0.2) is 5.58 Å². The van der Waals surface area contributed by atoms with E-state index in [2.05, 4.69) is 20.9 Å². The molecule has 0 amide bonds. The van der Waals surface area contributed by atoms with E-state index in [0.29, 0.717) is 22.6 Å². The first-order chi connectivity index (χ1) is 9.95. The molecule has 0 fully saturated rings. The molecular weight excluding hydrogens is 336 g/mol. The summed E-state index contributed by atoms with van der Waals surface area (Å²) in [5.41, 5.74) is 3.72. The number of aromatic nitrogens is 1. The molecule has 106 valence electrons. The zero-order valence-corrected chi connectivity index (χ0v) is 13.0. The topological polar surface area (TPSA) is 69.2 Å². The lowest BCUT2D eigenvalue weighted by Crippen LogP contribution is -1.88. The van der Waals surface area contributed by atoms with E-state index in [9.17, 15) is 10.1 Å². The van der Waals surface area contributed by atoms with Crippen LogP contribution >= 0.6 is 15.9 Å². The van der Waals surface area contributed by atoms with Gasteiger partial charge >= 0.3 is 0 Å². The van der Waals surface area contributed by atoms with E-state index in [1.54, 1.807) is 6.92 Å². The average Bonchev–Trinajstić information content (AvgIpc) is 2.86. The van der Waals surface area contributed by atoms with Crippen molar-refractivity contribution in [2.75, 3.05) is 0 Å². The van der Waals surface area contributed by atoms with Crippen molar-refractivity contribution in [3.8, 4) is 11.5 Å². The normalized spacial score (nSPS) is 11.0. The lowest BCUT2D eigenvalue weighted by atomic mass is 10.1. The van der Waals surface area contributed by atoms with E-state index in [4.69, 9.17) is 4.42 Å². The van der Waals surface area contributed by atoms with Crippen LogP contribution in [-0.2, 0) is 0 Å². The maximum Gasteiger partial charge on any atom is 0.272 e. The largest absolute Gasteiger partial charge is 0.436 e. The van der Waals surface area contributed by atoms with E-state index in [1.165, 1.54) is 12.1 Å². The Balaban J connectivity index is 2.18. The summed E-state index contributed by atoms with van der Waals surface area (Å²) in [6, 6.07) is 8.71. The van der Waals surface area contributed by atoms with E-state index in [1.807, 2.05) is 25.1 Å². The molecule has 0 bridgehead atoms. The van der Waals surface area contributed by atoms with Crippen molar-refractivity contribution >= 4 is 32.7 Å². The first-order valence-electron chi connectivity index (χ1n) is 6.28. The smallest absolute Gasteiger partial charge is 0.272 e. The molecule has 5 nitrogen and oxygen atoms in total. The number of hydrogen-bond acceptors (Lipinski definition) is 4. The fourth-order valence-corrected chi connectivity index (χ4v) is 2.51. The van der Waals surface area contributed by atoms with Crippen molar-refractivity contribution in [2.24, 2.45) is 0 Å². The second-order valence-electron chi connectivity index (χ2n) is 4.85. The van der Waals surface area contributed by atoms with E-state index in [-0.39, 0.29) is 5.69 Å². The molecular formula is C15H11BrN2O3. The van der Waals surface area contributed by atoms with E-state index >= 15 is 0 Å². The van der Waals surface area contributed by atoms with Gasteiger partial charge in [-0.05, 0) is 31.5 Å². The van der Waals surface area contributed by atoms with Crippen molar-refractivity contribution in [3.63, 3.8) is 0 Å². The summed E-state index contributed by atoms with van der Waals surface area (Å²) in [4.78, 5) is 14.8. The number of oxazole rings is 1. The van der Waals surface area contributed by atoms with Crippen molar-refractivity contribution in [3.05, 3.63) is 56.0 Å². The van der Waals surface area contributed by atoms with Gasteiger partial charge in [0, 0.05) is 27.7 Å². The van der Waals surface area contributed by atoms with E-state index < -0.39 is 4.92 Å². The molecule has 1 heterocycles. The third-order valence-corrected chi connectivity index (χ3v) is 4.14. The Hall–Kier alpha value is -2.21. The van der Waals surface area contributed by atoms with Gasteiger partial charge in [-0.15, -0.1) is 0 Å². The second-order valence-corrected chi connectivity index (χ2v) is 5.71. The fourth-order valence-electron chi connectivity index (χ4n) is 2.14. The SMILES string of the molecule is Cc1ccc(-c2nc3cc([N+](=O)[O-])cc(C)c3o2)cc1Br. The highest BCUT2D eigenvalue weighted by Crippen LogP contribution is 2.31. The summed E-state index contributed by atoms with van der Waals surface area (Å²) in [5.74, 6) is 0.453. The predicted molar refractivity (Wildman–Crippen MR) is 83.3 cm³/mol. The number of nitrogens with zero attached hydrogens (tertiary/aromatic N) is 2. The Labute approximate surface area is 128 Å². The third kappa shape index (κ3) is 2.42. The quantitative estimate of drug-likeness (QED) is 0.494. The minimum atomic E-state index is -0.427. The van der Waals surface area contributed by atoms with Gasteiger partial charge < -0.3 is 4.42 Å². The average molecular weight is 347 g/mol. The van der Waals surface area contributed by atoms with Crippen LogP contribution in [0.15, 0.2) is 39.2 Å². The molecule has 0 radical (unpaired) electrons. The molecule has 1 aromatic heterocycles. The highest BCUT2D eigenvalue weighted by Gasteiger charge is 2.16. The van der Waals surface area contributed by atoms with Crippen LogP contribution in [0.4, 0.5) is 5.69 Å². The van der Waals surface area contributed by atoms with Crippen LogP contribution in [0.3, 0.4) is 0 Å². The van der Waals surface area contributed by atoms with Crippen molar-refractivity contribution in [1.82, 2.24) is 4.98 Å². The van der Waals surface area contributed by atoms with Gasteiger partial charge in [-0.3, -0.25) is 10.1 Å². The van der Waals surface area contributed by atoms with Gasteiger partial charge in [-0.2, -0.15) is 0 Å². The Bertz CT molecular complexity index is 871. The van der Waals surface area contributed by atoms with Gasteiger partial charge in [0.25, 0.3) is 5.69 Å². The number of rotatable bonds is 2. The molecule has 0 aliphatic carbocycles. The van der Waals surface area contributed by atoms with Gasteiger partial charge in [0.05, 0.1) is 4.92 Å². The molecule has 0 atom stereocenters. The number of benzene rings is 2. The van der Waals surface area contributed by atoms with Crippen LogP contribution in [-0.4, -0.2) is 9.91 Å². The zero-order chi connectivity index (χ0) is 15.1. The molecule has 0 aliphatic rings. The summed E-state index contributed by atoms with van der Waals surface area (Å²) >= 11 is 3.47. The minimum Gasteiger partial charge on any atom is -0.436 e. The lowest BCUT2D eigenvalue weighted by molar-refractivity contribution is -0.384. The summed E-state index contributed by atoms with van der Waals surface area (Å²) in [6.45, 7) is 3.77. The van der Waals surface area contributed by atoms with Crippen molar-refractivity contribution in [1.29, 1.82) is 0 Å². The number of non-ortho nitro benzene ring substituents is 1. The van der Waals surface area contributed by atoms with Crippen molar-refractivity contribution < 1.29 is 9.34 Å². The van der Waals surface area contributed by atoms with Gasteiger partial charge in [0.1, 0.15) is 5.52 Å². The minimum absolute atomic E-state index is 0.0185. The molecule has 3 aromatic rings. The molecule has 2 aromatic carbocycles.